The van der Waals surface area contributed by atoms with Gasteiger partial charge in [0.25, 0.3) is 0 Å². The number of ether oxygens (including phenoxy) is 2. The van der Waals surface area contributed by atoms with Crippen molar-refractivity contribution >= 4 is 27.3 Å². The Morgan fingerprint density at radius 3 is 2.76 bits per heavy atom. The Morgan fingerprint density at radius 1 is 1.24 bits per heavy atom. The molecule has 0 spiro atoms. The Hall–Kier alpha value is -2.62. The van der Waals surface area contributed by atoms with Crippen molar-refractivity contribution in [2.24, 2.45) is 0 Å². The standard InChI is InChI=1S/C15H19N5O4S/c1-23-11-3-4-12(13(7-11)24-2)18-14-8-16-20-15(19-14)17-10-5-6-25(21,22)9-10/h3-4,7-8,10H,5-6,9H2,1-2H3,(H2,17,18,19,20). The van der Waals surface area contributed by atoms with Crippen molar-refractivity contribution in [2.75, 3.05) is 36.4 Å². The van der Waals surface area contributed by atoms with Crippen LogP contribution in [0.25, 0.3) is 0 Å². The maximum Gasteiger partial charge on any atom is 0.244 e. The molecule has 0 saturated carbocycles. The van der Waals surface area contributed by atoms with Gasteiger partial charge in [0.1, 0.15) is 11.5 Å². The molecule has 0 aliphatic carbocycles. The molecule has 2 aromatic rings. The molecule has 2 heterocycles. The van der Waals surface area contributed by atoms with Crippen LogP contribution in [0.1, 0.15) is 6.42 Å². The van der Waals surface area contributed by atoms with Gasteiger partial charge in [-0.2, -0.15) is 10.1 Å². The number of rotatable bonds is 6. The van der Waals surface area contributed by atoms with Crippen molar-refractivity contribution in [3.05, 3.63) is 24.4 Å². The van der Waals surface area contributed by atoms with Crippen LogP contribution in [0, 0.1) is 0 Å². The summed E-state index contributed by atoms with van der Waals surface area (Å²) in [4.78, 5) is 4.32. The highest BCUT2D eigenvalue weighted by atomic mass is 32.2. The molecule has 1 aromatic carbocycles. The zero-order valence-corrected chi connectivity index (χ0v) is 14.7. The van der Waals surface area contributed by atoms with Crippen LogP contribution in [-0.4, -0.2) is 55.4 Å². The second kappa shape index (κ2) is 7.09. The third-order valence-corrected chi connectivity index (χ3v) is 5.56. The van der Waals surface area contributed by atoms with E-state index in [4.69, 9.17) is 9.47 Å². The monoisotopic (exact) mass is 365 g/mol. The lowest BCUT2D eigenvalue weighted by atomic mass is 10.2. The van der Waals surface area contributed by atoms with Gasteiger partial charge >= 0.3 is 0 Å². The number of methoxy groups -OCH3 is 2. The topological polar surface area (TPSA) is 115 Å². The Bertz CT molecular complexity index is 859. The molecule has 2 N–H and O–H groups in total. The second-order valence-electron chi connectivity index (χ2n) is 5.60. The summed E-state index contributed by atoms with van der Waals surface area (Å²) >= 11 is 0. The highest BCUT2D eigenvalue weighted by Gasteiger charge is 2.28. The van der Waals surface area contributed by atoms with Crippen LogP contribution in [0.3, 0.4) is 0 Å². The zero-order valence-electron chi connectivity index (χ0n) is 13.9. The Kier molecular flexibility index (Phi) is 4.88. The smallest absolute Gasteiger partial charge is 0.244 e. The molecule has 0 bridgehead atoms. The number of hydrogen-bond acceptors (Lipinski definition) is 9. The van der Waals surface area contributed by atoms with Gasteiger partial charge in [-0.1, -0.05) is 0 Å². The third-order valence-electron chi connectivity index (χ3n) is 3.80. The average molecular weight is 365 g/mol. The van der Waals surface area contributed by atoms with E-state index in [9.17, 15) is 8.42 Å². The van der Waals surface area contributed by atoms with E-state index in [0.29, 0.717) is 29.4 Å². The van der Waals surface area contributed by atoms with Gasteiger partial charge in [0.15, 0.2) is 15.7 Å². The first-order chi connectivity index (χ1) is 12.0. The Morgan fingerprint density at radius 2 is 2.08 bits per heavy atom. The van der Waals surface area contributed by atoms with E-state index in [1.165, 1.54) is 6.20 Å². The van der Waals surface area contributed by atoms with E-state index >= 15 is 0 Å². The summed E-state index contributed by atoms with van der Waals surface area (Å²) < 4.78 is 33.6. The first kappa shape index (κ1) is 17.2. The molecule has 0 amide bonds. The highest BCUT2D eigenvalue weighted by Crippen LogP contribution is 2.31. The fourth-order valence-corrected chi connectivity index (χ4v) is 4.23. The van der Waals surface area contributed by atoms with E-state index in [2.05, 4.69) is 25.8 Å². The van der Waals surface area contributed by atoms with Gasteiger partial charge in [-0.15, -0.1) is 5.10 Å². The van der Waals surface area contributed by atoms with Crippen LogP contribution in [-0.2, 0) is 9.84 Å². The first-order valence-electron chi connectivity index (χ1n) is 7.65. The molecule has 1 fully saturated rings. The minimum Gasteiger partial charge on any atom is -0.497 e. The fourth-order valence-electron chi connectivity index (χ4n) is 2.56. The molecule has 9 nitrogen and oxygen atoms in total. The van der Waals surface area contributed by atoms with Gasteiger partial charge in [0, 0.05) is 12.1 Å². The van der Waals surface area contributed by atoms with E-state index in [-0.39, 0.29) is 23.5 Å². The molecular weight excluding hydrogens is 346 g/mol. The van der Waals surface area contributed by atoms with Gasteiger partial charge in [0.2, 0.25) is 5.95 Å². The van der Waals surface area contributed by atoms with Crippen molar-refractivity contribution < 1.29 is 17.9 Å². The van der Waals surface area contributed by atoms with Gasteiger partial charge in [0.05, 0.1) is 37.6 Å². The van der Waals surface area contributed by atoms with Crippen molar-refractivity contribution in [3.8, 4) is 11.5 Å². The predicted molar refractivity (Wildman–Crippen MR) is 93.3 cm³/mol. The minimum absolute atomic E-state index is 0.0836. The van der Waals surface area contributed by atoms with Crippen molar-refractivity contribution in [1.82, 2.24) is 15.2 Å². The molecule has 134 valence electrons. The summed E-state index contributed by atoms with van der Waals surface area (Å²) in [5.41, 5.74) is 0.693. The first-order valence-corrected chi connectivity index (χ1v) is 9.47. The van der Waals surface area contributed by atoms with Crippen LogP contribution in [0.5, 0.6) is 11.5 Å². The molecule has 1 aliphatic heterocycles. The maximum absolute atomic E-state index is 11.5. The lowest BCUT2D eigenvalue weighted by Crippen LogP contribution is -2.22. The van der Waals surface area contributed by atoms with Gasteiger partial charge in [-0.3, -0.25) is 0 Å². The normalized spacial score (nSPS) is 18.6. The number of nitrogens with one attached hydrogen (secondary N) is 2. The summed E-state index contributed by atoms with van der Waals surface area (Å²) in [5, 5.41) is 13.9. The molecular formula is C15H19N5O4S. The summed E-state index contributed by atoms with van der Waals surface area (Å²) in [7, 11) is 0.170. The van der Waals surface area contributed by atoms with Gasteiger partial charge < -0.3 is 20.1 Å². The lowest BCUT2D eigenvalue weighted by Gasteiger charge is -2.13. The number of anilines is 3. The summed E-state index contributed by atoms with van der Waals surface area (Å²) in [6.07, 6.45) is 2.01. The van der Waals surface area contributed by atoms with Crippen molar-refractivity contribution in [3.63, 3.8) is 0 Å². The number of nitrogens with zero attached hydrogens (tertiary/aromatic N) is 3. The third kappa shape index (κ3) is 4.27. The highest BCUT2D eigenvalue weighted by molar-refractivity contribution is 7.91. The number of benzene rings is 1. The second-order valence-corrected chi connectivity index (χ2v) is 7.83. The summed E-state index contributed by atoms with van der Waals surface area (Å²) in [6.45, 7) is 0. The van der Waals surface area contributed by atoms with E-state index in [0.717, 1.165) is 0 Å². The Labute approximate surface area is 145 Å². The number of aromatic nitrogens is 3. The lowest BCUT2D eigenvalue weighted by molar-refractivity contribution is 0.395. The molecule has 10 heteroatoms. The van der Waals surface area contributed by atoms with Crippen LogP contribution in [0.4, 0.5) is 17.5 Å². The Balaban J connectivity index is 1.74. The SMILES string of the molecule is COc1ccc(Nc2cnnc(NC3CCS(=O)(=O)C3)n2)c(OC)c1. The van der Waals surface area contributed by atoms with Crippen molar-refractivity contribution in [2.45, 2.75) is 12.5 Å². The maximum atomic E-state index is 11.5. The van der Waals surface area contributed by atoms with Gasteiger partial charge in [-0.05, 0) is 18.6 Å². The van der Waals surface area contributed by atoms with Crippen molar-refractivity contribution in [1.29, 1.82) is 0 Å². The molecule has 25 heavy (non-hydrogen) atoms. The van der Waals surface area contributed by atoms with Crippen LogP contribution >= 0.6 is 0 Å². The molecule has 1 atom stereocenters. The molecule has 1 unspecified atom stereocenters. The predicted octanol–water partition coefficient (Wildman–Crippen LogP) is 1.23. The molecule has 1 saturated heterocycles. The average Bonchev–Trinajstić information content (AvgIpc) is 2.94. The van der Waals surface area contributed by atoms with Crippen LogP contribution in [0.15, 0.2) is 24.4 Å². The van der Waals surface area contributed by atoms with E-state index < -0.39 is 9.84 Å². The van der Waals surface area contributed by atoms with E-state index in [1.807, 2.05) is 0 Å². The zero-order chi connectivity index (χ0) is 17.9. The number of hydrogen-bond donors (Lipinski definition) is 2. The molecule has 3 rings (SSSR count). The van der Waals surface area contributed by atoms with E-state index in [1.54, 1.807) is 32.4 Å². The minimum atomic E-state index is -2.97. The number of sulfone groups is 1. The quantitative estimate of drug-likeness (QED) is 0.779. The van der Waals surface area contributed by atoms with Crippen LogP contribution in [0.2, 0.25) is 0 Å². The fraction of sp³-hybridized carbons (Fsp3) is 0.400. The summed E-state index contributed by atoms with van der Waals surface area (Å²) in [6, 6.07) is 5.15. The molecule has 1 aliphatic rings. The molecule has 0 radical (unpaired) electrons. The summed E-state index contributed by atoms with van der Waals surface area (Å²) in [5.74, 6) is 2.27. The molecule has 1 aromatic heterocycles. The largest absolute Gasteiger partial charge is 0.497 e. The van der Waals surface area contributed by atoms with Crippen LogP contribution < -0.4 is 20.1 Å². The van der Waals surface area contributed by atoms with Gasteiger partial charge in [-0.25, -0.2) is 8.42 Å².